The number of aliphatic hydroxyl groups excluding tert-OH is 1. The second-order valence-corrected chi connectivity index (χ2v) is 3.01. The first-order valence-electron chi connectivity index (χ1n) is 3.65. The van der Waals surface area contributed by atoms with Crippen LogP contribution in [0.15, 0.2) is 0 Å². The quantitative estimate of drug-likeness (QED) is 0.509. The fourth-order valence-electron chi connectivity index (χ4n) is 1.02. The van der Waals surface area contributed by atoms with Crippen molar-refractivity contribution in [3.8, 4) is 6.07 Å². The Morgan fingerprint density at radius 1 is 1.70 bits per heavy atom. The molecule has 0 radical (unpaired) electrons. The Bertz CT molecular complexity index is 148. The van der Waals surface area contributed by atoms with E-state index in [4.69, 9.17) is 10.4 Å². The van der Waals surface area contributed by atoms with E-state index in [1.807, 2.05) is 0 Å². The summed E-state index contributed by atoms with van der Waals surface area (Å²) in [6.07, 6.45) is 2.56. The molecule has 0 saturated heterocycles. The molecule has 0 heterocycles. The van der Waals surface area contributed by atoms with Gasteiger partial charge in [-0.1, -0.05) is 0 Å². The first kappa shape index (κ1) is 7.52. The molecule has 1 aliphatic rings. The van der Waals surface area contributed by atoms with Crippen molar-refractivity contribution < 1.29 is 10.8 Å². The summed E-state index contributed by atoms with van der Waals surface area (Å²) in [4.78, 5) is 0. The van der Waals surface area contributed by atoms with E-state index in [-0.39, 0.29) is 6.04 Å². The van der Waals surface area contributed by atoms with Gasteiger partial charge in [0.25, 0.3) is 0 Å². The van der Waals surface area contributed by atoms with Crippen LogP contribution < -0.4 is 5.73 Å². The molecule has 0 spiro atoms. The van der Waals surface area contributed by atoms with E-state index < -0.39 is 6.10 Å². The summed E-state index contributed by atoms with van der Waals surface area (Å²) in [6.45, 7) is 0. The molecule has 0 amide bonds. The van der Waals surface area contributed by atoms with Crippen molar-refractivity contribution in [1.82, 2.24) is 0 Å². The highest BCUT2D eigenvalue weighted by atomic mass is 16.3. The molecule has 0 aromatic heterocycles. The van der Waals surface area contributed by atoms with Crippen LogP contribution in [-0.4, -0.2) is 17.3 Å². The monoisotopic (exact) mass is 141 g/mol. The fraction of sp³-hybridized carbons (Fsp3) is 0.857. The van der Waals surface area contributed by atoms with E-state index in [0.29, 0.717) is 0 Å². The van der Waals surface area contributed by atoms with Crippen LogP contribution in [-0.2, 0) is 0 Å². The first-order chi connectivity index (χ1) is 4.74. The summed E-state index contributed by atoms with van der Waals surface area (Å²) in [5.74, 6) is 0.741. The van der Waals surface area contributed by atoms with Gasteiger partial charge in [0.1, 0.15) is 12.1 Å². The van der Waals surface area contributed by atoms with Crippen molar-refractivity contribution in [3.05, 3.63) is 0 Å². The summed E-state index contributed by atoms with van der Waals surface area (Å²) in [7, 11) is 0. The van der Waals surface area contributed by atoms with Crippen molar-refractivity contribution in [2.45, 2.75) is 31.4 Å². The Labute approximate surface area is 60.4 Å². The largest absolute Gasteiger partial charge is 0.373 e. The number of quaternary nitrogens is 1. The zero-order valence-corrected chi connectivity index (χ0v) is 5.95. The van der Waals surface area contributed by atoms with Crippen molar-refractivity contribution in [3.63, 3.8) is 0 Å². The number of hydrogen-bond donors (Lipinski definition) is 2. The molecule has 0 aromatic carbocycles. The van der Waals surface area contributed by atoms with Gasteiger partial charge in [0.15, 0.2) is 6.10 Å². The Kier molecular flexibility index (Phi) is 2.25. The minimum Gasteiger partial charge on any atom is -0.373 e. The van der Waals surface area contributed by atoms with Gasteiger partial charge in [-0.2, -0.15) is 5.26 Å². The third-order valence-corrected chi connectivity index (χ3v) is 1.91. The lowest BCUT2D eigenvalue weighted by molar-refractivity contribution is -0.435. The van der Waals surface area contributed by atoms with Gasteiger partial charge in [-0.15, -0.1) is 0 Å². The average Bonchev–Trinajstić information content (AvgIpc) is 2.70. The Morgan fingerprint density at radius 2 is 2.30 bits per heavy atom. The van der Waals surface area contributed by atoms with Crippen molar-refractivity contribution in [1.29, 1.82) is 5.26 Å². The molecule has 3 heteroatoms. The number of hydrogen-bond acceptors (Lipinski definition) is 2. The number of aliphatic hydroxyl groups is 1. The van der Waals surface area contributed by atoms with Crippen LogP contribution in [0.4, 0.5) is 0 Å². The molecule has 1 rings (SSSR count). The molecule has 1 saturated carbocycles. The van der Waals surface area contributed by atoms with Gasteiger partial charge in [-0.3, -0.25) is 0 Å². The smallest absolute Gasteiger partial charge is 0.192 e. The predicted molar refractivity (Wildman–Crippen MR) is 35.6 cm³/mol. The highest BCUT2D eigenvalue weighted by molar-refractivity contribution is 4.90. The normalized spacial score (nSPS) is 23.3. The van der Waals surface area contributed by atoms with Crippen LogP contribution in [0.25, 0.3) is 0 Å². The maximum absolute atomic E-state index is 8.98. The molecule has 4 N–H and O–H groups in total. The van der Waals surface area contributed by atoms with Crippen LogP contribution in [0.2, 0.25) is 0 Å². The van der Waals surface area contributed by atoms with Gasteiger partial charge >= 0.3 is 0 Å². The second-order valence-electron chi connectivity index (χ2n) is 3.01. The molecule has 2 atom stereocenters. The standard InChI is InChI=1S/C7H12N2O/c8-4-7(10)6(9)3-5-1-2-5/h5-7,10H,1-3,9H2/p+1/t6-,7?/m0/s1. The fourth-order valence-corrected chi connectivity index (χ4v) is 1.02. The van der Waals surface area contributed by atoms with Gasteiger partial charge in [-0.25, -0.2) is 0 Å². The number of rotatable bonds is 3. The topological polar surface area (TPSA) is 71.7 Å². The molecule has 3 nitrogen and oxygen atoms in total. The molecular weight excluding hydrogens is 128 g/mol. The predicted octanol–water partition coefficient (Wildman–Crippen LogP) is -0.719. The number of nitrogens with zero attached hydrogens (tertiary/aromatic N) is 1. The van der Waals surface area contributed by atoms with Crippen LogP contribution in [0.1, 0.15) is 19.3 Å². The lowest BCUT2D eigenvalue weighted by Gasteiger charge is -2.06. The van der Waals surface area contributed by atoms with Crippen molar-refractivity contribution in [2.24, 2.45) is 5.92 Å². The van der Waals surface area contributed by atoms with E-state index >= 15 is 0 Å². The van der Waals surface area contributed by atoms with Gasteiger partial charge in [0.2, 0.25) is 0 Å². The first-order valence-corrected chi connectivity index (χ1v) is 3.65. The van der Waals surface area contributed by atoms with E-state index in [1.165, 1.54) is 12.8 Å². The molecule has 56 valence electrons. The molecule has 1 fully saturated rings. The molecule has 1 unspecified atom stereocenters. The van der Waals surface area contributed by atoms with Gasteiger partial charge in [0, 0.05) is 6.42 Å². The Balaban J connectivity index is 2.19. The lowest BCUT2D eigenvalue weighted by atomic mass is 10.1. The van der Waals surface area contributed by atoms with Crippen LogP contribution in [0.5, 0.6) is 0 Å². The number of nitriles is 1. The third kappa shape index (κ3) is 1.98. The highest BCUT2D eigenvalue weighted by Gasteiger charge is 2.29. The van der Waals surface area contributed by atoms with Crippen molar-refractivity contribution in [2.75, 3.05) is 0 Å². The summed E-state index contributed by atoms with van der Waals surface area (Å²) in [5.41, 5.74) is 3.72. The van der Waals surface area contributed by atoms with E-state index in [2.05, 4.69) is 5.73 Å². The maximum Gasteiger partial charge on any atom is 0.192 e. The maximum atomic E-state index is 8.98. The van der Waals surface area contributed by atoms with Gasteiger partial charge in [-0.05, 0) is 18.8 Å². The highest BCUT2D eigenvalue weighted by Crippen LogP contribution is 2.33. The second kappa shape index (κ2) is 3.00. The zero-order valence-electron chi connectivity index (χ0n) is 5.95. The minimum atomic E-state index is -0.861. The van der Waals surface area contributed by atoms with E-state index in [1.54, 1.807) is 6.07 Å². The molecule has 1 aliphatic carbocycles. The summed E-state index contributed by atoms with van der Waals surface area (Å²) >= 11 is 0. The lowest BCUT2D eigenvalue weighted by Crippen LogP contribution is -2.66. The van der Waals surface area contributed by atoms with Crippen LogP contribution in [0, 0.1) is 17.2 Å². The summed E-state index contributed by atoms with van der Waals surface area (Å²) in [6, 6.07) is 1.71. The van der Waals surface area contributed by atoms with Crippen molar-refractivity contribution >= 4 is 0 Å². The minimum absolute atomic E-state index is 0.0856. The molecular formula is C7H13N2O+. The average molecular weight is 141 g/mol. The Morgan fingerprint density at radius 3 is 2.70 bits per heavy atom. The SMILES string of the molecule is N#CC(O)[C@@H]([NH3+])CC1CC1. The molecule has 10 heavy (non-hydrogen) atoms. The summed E-state index contributed by atoms with van der Waals surface area (Å²) in [5, 5.41) is 17.3. The van der Waals surface area contributed by atoms with Gasteiger partial charge in [0.05, 0.1) is 0 Å². The zero-order chi connectivity index (χ0) is 7.56. The summed E-state index contributed by atoms with van der Waals surface area (Å²) < 4.78 is 0. The van der Waals surface area contributed by atoms with Gasteiger partial charge < -0.3 is 10.8 Å². The van der Waals surface area contributed by atoms with Crippen LogP contribution >= 0.6 is 0 Å². The molecule has 0 bridgehead atoms. The van der Waals surface area contributed by atoms with E-state index in [9.17, 15) is 0 Å². The molecule has 0 aromatic rings. The van der Waals surface area contributed by atoms with Crippen LogP contribution in [0.3, 0.4) is 0 Å². The van der Waals surface area contributed by atoms with E-state index in [0.717, 1.165) is 12.3 Å². The molecule has 0 aliphatic heterocycles. The third-order valence-electron chi connectivity index (χ3n) is 1.91. The Hall–Kier alpha value is -0.590.